The zero-order valence-corrected chi connectivity index (χ0v) is 22.1. The Kier molecular flexibility index (Phi) is 6.45. The molecule has 0 radical (unpaired) electrons. The molecule has 5 atom stereocenters. The predicted octanol–water partition coefficient (Wildman–Crippen LogP) is 1.80. The number of halogens is 3. The van der Waals surface area contributed by atoms with E-state index in [0.717, 1.165) is 17.0 Å². The Labute approximate surface area is 228 Å². The van der Waals surface area contributed by atoms with Crippen LogP contribution in [0.1, 0.15) is 38.3 Å². The van der Waals surface area contributed by atoms with Crippen LogP contribution in [0.15, 0.2) is 30.5 Å². The minimum atomic E-state index is -4.85. The van der Waals surface area contributed by atoms with Crippen molar-refractivity contribution in [3.8, 4) is 6.07 Å². The number of hydrogen-bond donors (Lipinski definition) is 1. The molecule has 4 saturated heterocycles. The van der Waals surface area contributed by atoms with Gasteiger partial charge in [0.1, 0.15) is 0 Å². The second-order valence-electron chi connectivity index (χ2n) is 11.0. The molecule has 0 aromatic heterocycles. The van der Waals surface area contributed by atoms with Crippen LogP contribution in [0, 0.1) is 23.2 Å². The SMILES string of the molecule is CC(=O)N1CCN(/C=C/C(=O)N[C@@H]2C[C@@]3(C)O[C@]2(C)[C@@H]2C(=O)N(c4ccc(C#N)c(C(F)(F)F)c4)C(=O)[C@@H]23)CC1. The summed E-state index contributed by atoms with van der Waals surface area (Å²) in [5.74, 6) is -3.76. The Hall–Kier alpha value is -3.92. The van der Waals surface area contributed by atoms with Crippen molar-refractivity contribution in [1.82, 2.24) is 15.1 Å². The first kappa shape index (κ1) is 27.6. The van der Waals surface area contributed by atoms with Crippen molar-refractivity contribution in [2.75, 3.05) is 31.1 Å². The van der Waals surface area contributed by atoms with Gasteiger partial charge in [-0.1, -0.05) is 0 Å². The van der Waals surface area contributed by atoms with Gasteiger partial charge in [-0.3, -0.25) is 19.2 Å². The van der Waals surface area contributed by atoms with Crippen molar-refractivity contribution in [2.24, 2.45) is 11.8 Å². The summed E-state index contributed by atoms with van der Waals surface area (Å²) in [6.07, 6.45) is -1.62. The number of rotatable bonds is 4. The van der Waals surface area contributed by atoms with Gasteiger partial charge in [0.05, 0.1) is 52.0 Å². The standard InChI is InChI=1S/C27H28F3N5O5/c1-15(36)34-10-8-33(9-11-34)7-6-20(37)32-19-13-25(2)21-22(26(19,3)40-25)24(39)35(23(21)38)17-5-4-16(14-31)18(12-17)27(28,29)30/h4-7,12,19,21-22H,8-11,13H2,1-3H3,(H,32,37)/b7-6+/t19-,21-,22+,25-,26+/m1/s1. The van der Waals surface area contributed by atoms with E-state index in [-0.39, 0.29) is 18.0 Å². The topological polar surface area (TPSA) is 123 Å². The molecule has 40 heavy (non-hydrogen) atoms. The number of imide groups is 1. The van der Waals surface area contributed by atoms with Crippen LogP contribution in [0.5, 0.6) is 0 Å². The van der Waals surface area contributed by atoms with Gasteiger partial charge >= 0.3 is 6.18 Å². The van der Waals surface area contributed by atoms with Crippen LogP contribution in [0.3, 0.4) is 0 Å². The van der Waals surface area contributed by atoms with Crippen molar-refractivity contribution in [1.29, 1.82) is 5.26 Å². The van der Waals surface area contributed by atoms with Crippen LogP contribution < -0.4 is 10.2 Å². The first-order valence-electron chi connectivity index (χ1n) is 12.9. The van der Waals surface area contributed by atoms with E-state index in [0.29, 0.717) is 32.2 Å². The number of alkyl halides is 3. The van der Waals surface area contributed by atoms with Gasteiger partial charge in [-0.25, -0.2) is 4.90 Å². The highest BCUT2D eigenvalue weighted by molar-refractivity contribution is 6.23. The molecule has 4 aliphatic heterocycles. The monoisotopic (exact) mass is 559 g/mol. The van der Waals surface area contributed by atoms with Gasteiger partial charge in [0.2, 0.25) is 23.6 Å². The van der Waals surface area contributed by atoms with E-state index in [1.165, 1.54) is 19.1 Å². The molecule has 10 nitrogen and oxygen atoms in total. The Morgan fingerprint density at radius 1 is 1.12 bits per heavy atom. The van der Waals surface area contributed by atoms with Gasteiger partial charge in [0, 0.05) is 51.8 Å². The number of ether oxygens (including phenoxy) is 1. The molecule has 1 aromatic carbocycles. The zero-order valence-electron chi connectivity index (χ0n) is 22.1. The van der Waals surface area contributed by atoms with E-state index in [9.17, 15) is 32.3 Å². The van der Waals surface area contributed by atoms with Crippen LogP contribution in [0.2, 0.25) is 0 Å². The summed E-state index contributed by atoms with van der Waals surface area (Å²) >= 11 is 0. The average molecular weight is 560 g/mol. The largest absolute Gasteiger partial charge is 0.417 e. The van der Waals surface area contributed by atoms with E-state index < -0.39 is 64.1 Å². The number of amides is 4. The van der Waals surface area contributed by atoms with Crippen LogP contribution in [-0.2, 0) is 30.1 Å². The summed E-state index contributed by atoms with van der Waals surface area (Å²) in [5.41, 5.74) is -4.51. The Morgan fingerprint density at radius 2 is 1.77 bits per heavy atom. The number of anilines is 1. The molecule has 4 amide bonds. The lowest BCUT2D eigenvalue weighted by Crippen LogP contribution is -2.56. The number of benzene rings is 1. The lowest BCUT2D eigenvalue weighted by molar-refractivity contribution is -0.138. The second kappa shape index (κ2) is 9.33. The summed E-state index contributed by atoms with van der Waals surface area (Å²) in [6, 6.07) is 3.59. The second-order valence-corrected chi connectivity index (χ2v) is 11.0. The van der Waals surface area contributed by atoms with Crippen molar-refractivity contribution in [3.05, 3.63) is 41.6 Å². The number of piperazine rings is 1. The highest BCUT2D eigenvalue weighted by Gasteiger charge is 2.76. The van der Waals surface area contributed by atoms with Crippen molar-refractivity contribution < 1.29 is 37.1 Å². The van der Waals surface area contributed by atoms with E-state index >= 15 is 0 Å². The highest BCUT2D eigenvalue weighted by Crippen LogP contribution is 2.61. The minimum absolute atomic E-state index is 0.00353. The van der Waals surface area contributed by atoms with Gasteiger partial charge in [-0.2, -0.15) is 18.4 Å². The van der Waals surface area contributed by atoms with E-state index in [2.05, 4.69) is 5.32 Å². The van der Waals surface area contributed by atoms with Crippen molar-refractivity contribution in [3.63, 3.8) is 0 Å². The number of fused-ring (bicyclic) bond motifs is 5. The molecule has 1 aromatic rings. The molecule has 212 valence electrons. The first-order chi connectivity index (χ1) is 18.7. The fourth-order valence-electron chi connectivity index (χ4n) is 6.59. The van der Waals surface area contributed by atoms with Gasteiger partial charge in [0.15, 0.2) is 0 Å². The maximum atomic E-state index is 13.6. The summed E-state index contributed by atoms with van der Waals surface area (Å²) < 4.78 is 46.9. The summed E-state index contributed by atoms with van der Waals surface area (Å²) in [7, 11) is 0. The van der Waals surface area contributed by atoms with E-state index in [1.807, 2.05) is 4.90 Å². The zero-order chi connectivity index (χ0) is 29.2. The Balaban J connectivity index is 1.34. The van der Waals surface area contributed by atoms with Crippen molar-refractivity contribution in [2.45, 2.75) is 50.6 Å². The van der Waals surface area contributed by atoms with E-state index in [4.69, 9.17) is 10.00 Å². The fourth-order valence-corrected chi connectivity index (χ4v) is 6.59. The van der Waals surface area contributed by atoms with Gasteiger partial charge in [-0.15, -0.1) is 0 Å². The molecule has 1 N–H and O–H groups in total. The van der Waals surface area contributed by atoms with Gasteiger partial charge in [0.25, 0.3) is 0 Å². The molecule has 4 heterocycles. The third kappa shape index (κ3) is 4.30. The van der Waals surface area contributed by atoms with Crippen LogP contribution in [-0.4, -0.2) is 76.9 Å². The number of hydrogen-bond acceptors (Lipinski definition) is 7. The molecular formula is C27H28F3N5O5. The number of nitrogens with one attached hydrogen (secondary N) is 1. The third-order valence-electron chi connectivity index (χ3n) is 8.54. The van der Waals surface area contributed by atoms with Crippen molar-refractivity contribution >= 4 is 29.3 Å². The third-order valence-corrected chi connectivity index (χ3v) is 8.54. The maximum Gasteiger partial charge on any atom is 0.417 e. The molecule has 4 aliphatic rings. The van der Waals surface area contributed by atoms with E-state index in [1.54, 1.807) is 24.9 Å². The summed E-state index contributed by atoms with van der Waals surface area (Å²) in [6.45, 7) is 7.06. The molecule has 0 unspecified atom stereocenters. The molecular weight excluding hydrogens is 531 g/mol. The Bertz CT molecular complexity index is 1360. The smallest absolute Gasteiger partial charge is 0.374 e. The number of nitriles is 1. The number of nitrogens with zero attached hydrogens (tertiary/aromatic N) is 4. The first-order valence-corrected chi connectivity index (χ1v) is 12.9. The highest BCUT2D eigenvalue weighted by atomic mass is 19.4. The molecule has 0 spiro atoms. The van der Waals surface area contributed by atoms with Crippen LogP contribution in [0.25, 0.3) is 0 Å². The predicted molar refractivity (Wildman–Crippen MR) is 133 cm³/mol. The van der Waals surface area contributed by atoms with Gasteiger partial charge < -0.3 is 19.9 Å². The lowest BCUT2D eigenvalue weighted by Gasteiger charge is -2.35. The molecule has 0 saturated carbocycles. The minimum Gasteiger partial charge on any atom is -0.374 e. The quantitative estimate of drug-likeness (QED) is 0.441. The average Bonchev–Trinajstić information content (AvgIpc) is 3.41. The Morgan fingerprint density at radius 3 is 2.38 bits per heavy atom. The summed E-state index contributed by atoms with van der Waals surface area (Å²) in [5, 5.41) is 12.0. The maximum absolute atomic E-state index is 13.6. The van der Waals surface area contributed by atoms with Crippen LogP contribution >= 0.6 is 0 Å². The molecule has 2 bridgehead atoms. The molecule has 5 rings (SSSR count). The van der Waals surface area contributed by atoms with Crippen LogP contribution in [0.4, 0.5) is 18.9 Å². The summed E-state index contributed by atoms with van der Waals surface area (Å²) in [4.78, 5) is 55.8. The molecule has 13 heteroatoms. The fraction of sp³-hybridized carbons (Fsp3) is 0.519. The normalized spacial score (nSPS) is 31.6. The molecule has 0 aliphatic carbocycles. The number of carbonyl (C=O) groups is 4. The molecule has 4 fully saturated rings. The number of carbonyl (C=O) groups excluding carboxylic acids is 4. The van der Waals surface area contributed by atoms with Gasteiger partial charge in [-0.05, 0) is 32.0 Å². The lowest BCUT2D eigenvalue weighted by atomic mass is 9.66.